The molecule has 0 bridgehead atoms. The van der Waals surface area contributed by atoms with E-state index in [1.807, 2.05) is 0 Å². The molecule has 1 aromatic carbocycles. The van der Waals surface area contributed by atoms with E-state index in [2.05, 4.69) is 10.0 Å². The van der Waals surface area contributed by atoms with Crippen LogP contribution in [0.3, 0.4) is 0 Å². The van der Waals surface area contributed by atoms with Crippen LogP contribution < -0.4 is 0 Å². The summed E-state index contributed by atoms with van der Waals surface area (Å²) in [5.41, 5.74) is 6.48. The Morgan fingerprint density at radius 2 is 2.00 bits per heavy atom. The van der Waals surface area contributed by atoms with Crippen LogP contribution in [-0.2, 0) is 6.18 Å². The Hall–Kier alpha value is -1.47. The molecular weight excluding hydrogens is 299 g/mol. The number of azide groups is 1. The first kappa shape index (κ1) is 16.6. The van der Waals surface area contributed by atoms with Gasteiger partial charge in [-0.1, -0.05) is 22.8 Å². The molecule has 2 atom stereocenters. The molecule has 1 aromatic rings. The van der Waals surface area contributed by atoms with Crippen LogP contribution in [0, 0.1) is 0 Å². The quantitative estimate of drug-likeness (QED) is 0.495. The van der Waals surface area contributed by atoms with Crippen LogP contribution in [0.1, 0.15) is 23.7 Å². The van der Waals surface area contributed by atoms with E-state index in [-0.39, 0.29) is 18.0 Å². The van der Waals surface area contributed by atoms with Gasteiger partial charge >= 0.3 is 6.18 Å². The average molecular weight is 310 g/mol. The van der Waals surface area contributed by atoms with Gasteiger partial charge < -0.3 is 10.2 Å². The Morgan fingerprint density at radius 3 is 2.55 bits per heavy atom. The first-order valence-corrected chi connectivity index (χ1v) is 5.88. The zero-order valence-corrected chi connectivity index (χ0v) is 10.8. The summed E-state index contributed by atoms with van der Waals surface area (Å²) in [6.07, 6.45) is -8.10. The summed E-state index contributed by atoms with van der Waals surface area (Å²) >= 11 is 5.51. The molecule has 2 unspecified atom stereocenters. The predicted octanol–water partition coefficient (Wildman–Crippen LogP) is 3.45. The van der Waals surface area contributed by atoms with E-state index >= 15 is 0 Å². The lowest BCUT2D eigenvalue weighted by Crippen LogP contribution is -2.22. The molecule has 0 spiro atoms. The Labute approximate surface area is 117 Å². The zero-order chi connectivity index (χ0) is 15.3. The van der Waals surface area contributed by atoms with Crippen molar-refractivity contribution in [2.75, 3.05) is 6.54 Å². The molecule has 2 N–H and O–H groups in total. The van der Waals surface area contributed by atoms with Crippen LogP contribution in [0.15, 0.2) is 23.3 Å². The van der Waals surface area contributed by atoms with Crippen molar-refractivity contribution in [2.45, 2.75) is 24.8 Å². The first-order valence-electron chi connectivity index (χ1n) is 5.51. The lowest BCUT2D eigenvalue weighted by Gasteiger charge is -2.21. The third-order valence-electron chi connectivity index (χ3n) is 2.59. The van der Waals surface area contributed by atoms with E-state index in [9.17, 15) is 23.4 Å². The van der Waals surface area contributed by atoms with Crippen LogP contribution in [0.5, 0.6) is 0 Å². The normalized spacial score (nSPS) is 14.5. The van der Waals surface area contributed by atoms with Crippen LogP contribution in [0.4, 0.5) is 13.2 Å². The van der Waals surface area contributed by atoms with Gasteiger partial charge in [0.2, 0.25) is 0 Å². The van der Waals surface area contributed by atoms with E-state index < -0.39 is 29.5 Å². The minimum absolute atomic E-state index is 0.128. The van der Waals surface area contributed by atoms with E-state index in [0.717, 1.165) is 6.07 Å². The van der Waals surface area contributed by atoms with E-state index in [4.69, 9.17) is 17.1 Å². The highest BCUT2D eigenvalue weighted by Gasteiger charge is 2.36. The summed E-state index contributed by atoms with van der Waals surface area (Å²) in [6, 6.07) is 2.88. The monoisotopic (exact) mass is 309 g/mol. The number of nitrogens with zero attached hydrogens (tertiary/aromatic N) is 3. The van der Waals surface area contributed by atoms with Crippen molar-refractivity contribution in [3.8, 4) is 0 Å². The smallest absolute Gasteiger partial charge is 0.390 e. The fourth-order valence-corrected chi connectivity index (χ4v) is 1.80. The largest absolute Gasteiger partial charge is 0.416 e. The summed E-state index contributed by atoms with van der Waals surface area (Å²) in [5.74, 6) is 0. The Balaban J connectivity index is 3.03. The van der Waals surface area contributed by atoms with E-state index in [1.165, 1.54) is 6.07 Å². The summed E-state index contributed by atoms with van der Waals surface area (Å²) in [5, 5.41) is 22.4. The molecule has 0 heterocycles. The number of hydrogen-bond donors (Lipinski definition) is 2. The third kappa shape index (κ3) is 4.28. The van der Waals surface area contributed by atoms with Gasteiger partial charge in [-0.05, 0) is 29.6 Å². The molecule has 20 heavy (non-hydrogen) atoms. The summed E-state index contributed by atoms with van der Waals surface area (Å²) in [4.78, 5) is 2.44. The molecule has 0 fully saturated rings. The van der Waals surface area contributed by atoms with Crippen molar-refractivity contribution in [3.63, 3.8) is 0 Å². The second-order valence-electron chi connectivity index (χ2n) is 3.98. The van der Waals surface area contributed by atoms with Crippen LogP contribution in [0.2, 0.25) is 5.02 Å². The molecule has 0 aliphatic carbocycles. The number of alkyl halides is 3. The third-order valence-corrected chi connectivity index (χ3v) is 2.83. The highest BCUT2D eigenvalue weighted by Crippen LogP contribution is 2.37. The van der Waals surface area contributed by atoms with Gasteiger partial charge in [0.15, 0.2) is 0 Å². The van der Waals surface area contributed by atoms with E-state index in [0.29, 0.717) is 6.07 Å². The van der Waals surface area contributed by atoms with Gasteiger partial charge in [0.1, 0.15) is 6.10 Å². The molecule has 0 saturated heterocycles. The number of aliphatic hydroxyl groups is 2. The van der Waals surface area contributed by atoms with Crippen LogP contribution in [-0.4, -0.2) is 22.9 Å². The average Bonchev–Trinajstić information content (AvgIpc) is 2.37. The SMILES string of the molecule is [N-]=[N+]=NCCC(O)C(O)c1ccc(Cl)cc1C(F)(F)F. The van der Waals surface area contributed by atoms with Crippen molar-refractivity contribution in [3.05, 3.63) is 44.8 Å². The first-order chi connectivity index (χ1) is 9.27. The van der Waals surface area contributed by atoms with Crippen molar-refractivity contribution in [2.24, 2.45) is 5.11 Å². The molecule has 0 saturated carbocycles. The summed E-state index contributed by atoms with van der Waals surface area (Å²) in [7, 11) is 0. The van der Waals surface area contributed by atoms with Crippen molar-refractivity contribution in [1.29, 1.82) is 0 Å². The van der Waals surface area contributed by atoms with E-state index in [1.54, 1.807) is 0 Å². The van der Waals surface area contributed by atoms with Gasteiger partial charge in [-0.25, -0.2) is 0 Å². The molecule has 0 radical (unpaired) electrons. The predicted molar refractivity (Wildman–Crippen MR) is 66.1 cm³/mol. The maximum absolute atomic E-state index is 12.8. The minimum Gasteiger partial charge on any atom is -0.390 e. The molecule has 0 amide bonds. The maximum Gasteiger partial charge on any atom is 0.416 e. The molecule has 1 rings (SSSR count). The van der Waals surface area contributed by atoms with Crippen molar-refractivity contribution >= 4 is 11.6 Å². The lowest BCUT2D eigenvalue weighted by molar-refractivity contribution is -0.139. The van der Waals surface area contributed by atoms with Gasteiger partial charge in [0, 0.05) is 16.5 Å². The van der Waals surface area contributed by atoms with Crippen LogP contribution >= 0.6 is 11.6 Å². The minimum atomic E-state index is -4.70. The molecule has 0 aliphatic rings. The summed E-state index contributed by atoms with van der Waals surface area (Å²) < 4.78 is 38.5. The zero-order valence-electron chi connectivity index (χ0n) is 10.0. The molecule has 110 valence electrons. The highest BCUT2D eigenvalue weighted by molar-refractivity contribution is 6.30. The number of hydrogen-bond acceptors (Lipinski definition) is 3. The van der Waals surface area contributed by atoms with Crippen molar-refractivity contribution < 1.29 is 23.4 Å². The molecule has 9 heteroatoms. The topological polar surface area (TPSA) is 89.2 Å². The van der Waals surface area contributed by atoms with Crippen LogP contribution in [0.25, 0.3) is 10.4 Å². The Kier molecular flexibility index (Phi) is 5.64. The fraction of sp³-hybridized carbons (Fsp3) is 0.455. The fourth-order valence-electron chi connectivity index (χ4n) is 1.63. The van der Waals surface area contributed by atoms with Gasteiger partial charge in [0.05, 0.1) is 11.7 Å². The van der Waals surface area contributed by atoms with Crippen molar-refractivity contribution in [1.82, 2.24) is 0 Å². The van der Waals surface area contributed by atoms with Gasteiger partial charge in [-0.2, -0.15) is 13.2 Å². The summed E-state index contributed by atoms with van der Waals surface area (Å²) in [6.45, 7) is -0.135. The van der Waals surface area contributed by atoms with Gasteiger partial charge in [-0.3, -0.25) is 0 Å². The highest BCUT2D eigenvalue weighted by atomic mass is 35.5. The molecule has 0 aliphatic heterocycles. The second kappa shape index (κ2) is 6.81. The number of benzene rings is 1. The number of rotatable bonds is 5. The molecule has 0 aromatic heterocycles. The number of aliphatic hydroxyl groups excluding tert-OH is 2. The van der Waals surface area contributed by atoms with Gasteiger partial charge in [0.25, 0.3) is 0 Å². The standard InChI is InChI=1S/C11H11ClF3N3O2/c12-6-1-2-7(8(5-6)11(13,14)15)10(20)9(19)3-4-17-18-16/h1-2,5,9-10,19-20H,3-4H2. The molecular formula is C11H11ClF3N3O2. The maximum atomic E-state index is 12.8. The number of halogens is 4. The Bertz CT molecular complexity index is 518. The second-order valence-corrected chi connectivity index (χ2v) is 4.42. The lowest BCUT2D eigenvalue weighted by atomic mass is 9.97. The Morgan fingerprint density at radius 1 is 1.35 bits per heavy atom. The van der Waals surface area contributed by atoms with Gasteiger partial charge in [-0.15, -0.1) is 0 Å². The molecule has 5 nitrogen and oxygen atoms in total.